The molecule has 4 nitrogen and oxygen atoms in total. The Morgan fingerprint density at radius 2 is 2.28 bits per heavy atom. The summed E-state index contributed by atoms with van der Waals surface area (Å²) >= 11 is 5.05. The third-order valence-corrected chi connectivity index (χ3v) is 3.17. The molecule has 1 aliphatic carbocycles. The summed E-state index contributed by atoms with van der Waals surface area (Å²) in [6.45, 7) is 3.65. The Morgan fingerprint density at radius 1 is 1.44 bits per heavy atom. The summed E-state index contributed by atoms with van der Waals surface area (Å²) in [5.74, 6) is 0.544. The van der Waals surface area contributed by atoms with E-state index in [9.17, 15) is 0 Å². The minimum Gasteiger partial charge on any atom is -0.475 e. The van der Waals surface area contributed by atoms with Crippen molar-refractivity contribution in [3.05, 3.63) is 22.9 Å². The van der Waals surface area contributed by atoms with Crippen molar-refractivity contribution in [3.8, 4) is 5.88 Å². The first-order chi connectivity index (χ1) is 8.72. The van der Waals surface area contributed by atoms with Crippen molar-refractivity contribution in [2.45, 2.75) is 26.2 Å². The number of ether oxygens (including phenoxy) is 2. The zero-order valence-electron chi connectivity index (χ0n) is 10.6. The summed E-state index contributed by atoms with van der Waals surface area (Å²) in [6.07, 6.45) is 3.20. The molecule has 0 aliphatic heterocycles. The number of aryl methyl sites for hydroxylation is 2. The highest BCUT2D eigenvalue weighted by atomic mass is 32.1. The van der Waals surface area contributed by atoms with Crippen molar-refractivity contribution in [3.63, 3.8) is 0 Å². The predicted molar refractivity (Wildman–Crippen MR) is 74.1 cm³/mol. The topological polar surface area (TPSA) is 57.4 Å². The van der Waals surface area contributed by atoms with E-state index in [2.05, 4.69) is 4.98 Å². The maximum Gasteiger partial charge on any atom is 0.224 e. The van der Waals surface area contributed by atoms with E-state index in [-0.39, 0.29) is 0 Å². The molecule has 1 heterocycles. The van der Waals surface area contributed by atoms with Crippen LogP contribution in [0.2, 0.25) is 0 Å². The van der Waals surface area contributed by atoms with Crippen LogP contribution in [0.25, 0.3) is 0 Å². The molecule has 0 spiro atoms. The smallest absolute Gasteiger partial charge is 0.224 e. The van der Waals surface area contributed by atoms with E-state index in [1.807, 2.05) is 13.0 Å². The summed E-state index contributed by atoms with van der Waals surface area (Å²) < 4.78 is 10.9. The van der Waals surface area contributed by atoms with Gasteiger partial charge in [-0.1, -0.05) is 12.2 Å². The lowest BCUT2D eigenvalue weighted by molar-refractivity contribution is 0.108. The van der Waals surface area contributed by atoms with E-state index in [0.717, 1.165) is 30.5 Å². The van der Waals surface area contributed by atoms with Crippen molar-refractivity contribution in [1.82, 2.24) is 4.98 Å². The van der Waals surface area contributed by atoms with Crippen LogP contribution in [0.1, 0.15) is 30.2 Å². The highest BCUT2D eigenvalue weighted by molar-refractivity contribution is 7.80. The molecule has 18 heavy (non-hydrogen) atoms. The van der Waals surface area contributed by atoms with Gasteiger partial charge in [-0.15, -0.1) is 0 Å². The largest absolute Gasteiger partial charge is 0.475 e. The summed E-state index contributed by atoms with van der Waals surface area (Å²) in [4.78, 5) is 4.86. The molecule has 1 aromatic heterocycles. The molecule has 5 heteroatoms. The van der Waals surface area contributed by atoms with Crippen molar-refractivity contribution < 1.29 is 9.47 Å². The molecule has 0 bridgehead atoms. The molecule has 0 aromatic carbocycles. The van der Waals surface area contributed by atoms with Gasteiger partial charge < -0.3 is 15.2 Å². The summed E-state index contributed by atoms with van der Waals surface area (Å²) in [5.41, 5.74) is 8.82. The Kier molecular flexibility index (Phi) is 4.49. The van der Waals surface area contributed by atoms with Gasteiger partial charge in [0, 0.05) is 12.3 Å². The zero-order chi connectivity index (χ0) is 13.0. The average Bonchev–Trinajstić information content (AvgIpc) is 2.80. The summed E-state index contributed by atoms with van der Waals surface area (Å²) in [5, 5.41) is 0. The van der Waals surface area contributed by atoms with Crippen LogP contribution in [-0.4, -0.2) is 29.8 Å². The van der Waals surface area contributed by atoms with Gasteiger partial charge in [0.25, 0.3) is 0 Å². The van der Waals surface area contributed by atoms with Gasteiger partial charge in [0.15, 0.2) is 0 Å². The second-order valence-corrected chi connectivity index (χ2v) is 4.65. The molecule has 1 aliphatic rings. The molecular formula is C13H18N2O2S. The van der Waals surface area contributed by atoms with Crippen LogP contribution in [-0.2, 0) is 17.6 Å². The van der Waals surface area contributed by atoms with Gasteiger partial charge in [0.05, 0.1) is 12.2 Å². The molecular weight excluding hydrogens is 248 g/mol. The number of pyridine rings is 1. The monoisotopic (exact) mass is 266 g/mol. The first-order valence-electron chi connectivity index (χ1n) is 6.25. The van der Waals surface area contributed by atoms with Crippen LogP contribution >= 0.6 is 12.2 Å². The molecule has 0 radical (unpaired) electrons. The SMILES string of the molecule is CCOCCOc1nc2c(cc1C(N)=S)CCC2. The first kappa shape index (κ1) is 13.2. The molecule has 0 amide bonds. The van der Waals surface area contributed by atoms with Crippen molar-refractivity contribution in [1.29, 1.82) is 0 Å². The number of nitrogens with two attached hydrogens (primary N) is 1. The second kappa shape index (κ2) is 6.11. The number of nitrogens with zero attached hydrogens (tertiary/aromatic N) is 1. The molecule has 0 saturated heterocycles. The number of rotatable bonds is 6. The van der Waals surface area contributed by atoms with E-state index in [1.165, 1.54) is 5.56 Å². The van der Waals surface area contributed by atoms with E-state index in [1.54, 1.807) is 0 Å². The Hall–Kier alpha value is -1.20. The van der Waals surface area contributed by atoms with Crippen LogP contribution in [0.5, 0.6) is 5.88 Å². The Labute approximate surface area is 112 Å². The Bertz CT molecular complexity index is 449. The number of hydrogen-bond donors (Lipinski definition) is 1. The van der Waals surface area contributed by atoms with Gasteiger partial charge in [-0.3, -0.25) is 0 Å². The van der Waals surface area contributed by atoms with Gasteiger partial charge in [0.1, 0.15) is 11.6 Å². The van der Waals surface area contributed by atoms with Crippen LogP contribution in [0.4, 0.5) is 0 Å². The minimum atomic E-state index is 0.337. The van der Waals surface area contributed by atoms with Gasteiger partial charge in [-0.05, 0) is 37.8 Å². The van der Waals surface area contributed by atoms with E-state index in [4.69, 9.17) is 27.4 Å². The molecule has 0 unspecified atom stereocenters. The normalized spacial score (nSPS) is 13.4. The summed E-state index contributed by atoms with van der Waals surface area (Å²) in [7, 11) is 0. The molecule has 2 rings (SSSR count). The third kappa shape index (κ3) is 2.97. The van der Waals surface area contributed by atoms with E-state index < -0.39 is 0 Å². The lowest BCUT2D eigenvalue weighted by Crippen LogP contribution is -2.16. The van der Waals surface area contributed by atoms with Gasteiger partial charge in [0.2, 0.25) is 5.88 Å². The standard InChI is InChI=1S/C13H18N2O2S/c1-2-16-6-7-17-13-10(12(14)18)8-9-4-3-5-11(9)15-13/h8H,2-7H2,1H3,(H2,14,18). The first-order valence-corrected chi connectivity index (χ1v) is 6.66. The zero-order valence-corrected chi connectivity index (χ0v) is 11.4. The number of thiocarbonyl (C=S) groups is 1. The van der Waals surface area contributed by atoms with Gasteiger partial charge in [-0.2, -0.15) is 0 Å². The van der Waals surface area contributed by atoms with Crippen molar-refractivity contribution >= 4 is 17.2 Å². The van der Waals surface area contributed by atoms with Gasteiger partial charge >= 0.3 is 0 Å². The number of aromatic nitrogens is 1. The predicted octanol–water partition coefficient (Wildman–Crippen LogP) is 1.62. The molecule has 0 atom stereocenters. The third-order valence-electron chi connectivity index (χ3n) is 2.95. The Morgan fingerprint density at radius 3 is 3.00 bits per heavy atom. The van der Waals surface area contributed by atoms with Crippen molar-refractivity contribution in [2.24, 2.45) is 5.73 Å². The fourth-order valence-electron chi connectivity index (χ4n) is 2.08. The van der Waals surface area contributed by atoms with Crippen LogP contribution in [0.3, 0.4) is 0 Å². The van der Waals surface area contributed by atoms with E-state index in [0.29, 0.717) is 30.7 Å². The number of hydrogen-bond acceptors (Lipinski definition) is 4. The Balaban J connectivity index is 2.14. The number of fused-ring (bicyclic) bond motifs is 1. The van der Waals surface area contributed by atoms with Gasteiger partial charge in [-0.25, -0.2) is 4.98 Å². The lowest BCUT2D eigenvalue weighted by Gasteiger charge is -2.11. The fraction of sp³-hybridized carbons (Fsp3) is 0.538. The quantitative estimate of drug-likeness (QED) is 0.626. The molecule has 0 fully saturated rings. The van der Waals surface area contributed by atoms with E-state index >= 15 is 0 Å². The fourth-order valence-corrected chi connectivity index (χ4v) is 2.23. The second-order valence-electron chi connectivity index (χ2n) is 4.21. The maximum absolute atomic E-state index is 5.72. The molecule has 98 valence electrons. The molecule has 0 saturated carbocycles. The highest BCUT2D eigenvalue weighted by Gasteiger charge is 2.18. The van der Waals surface area contributed by atoms with Crippen LogP contribution < -0.4 is 10.5 Å². The van der Waals surface area contributed by atoms with Crippen molar-refractivity contribution in [2.75, 3.05) is 19.8 Å². The van der Waals surface area contributed by atoms with Crippen LogP contribution in [0.15, 0.2) is 6.07 Å². The maximum atomic E-state index is 5.72. The lowest BCUT2D eigenvalue weighted by atomic mass is 10.1. The highest BCUT2D eigenvalue weighted by Crippen LogP contribution is 2.26. The average molecular weight is 266 g/mol. The summed E-state index contributed by atoms with van der Waals surface area (Å²) in [6, 6.07) is 2.02. The minimum absolute atomic E-state index is 0.337. The van der Waals surface area contributed by atoms with Crippen LogP contribution in [0, 0.1) is 0 Å². The molecule has 2 N–H and O–H groups in total. The molecule has 1 aromatic rings.